The number of hydrogen-bond donors (Lipinski definition) is 0. The normalized spacial score (nSPS) is 9.24. The van der Waals surface area contributed by atoms with E-state index in [1.54, 1.807) is 6.07 Å². The van der Waals surface area contributed by atoms with E-state index in [1.165, 1.54) is 13.2 Å². The SMILES string of the molecule is COC(=O)CCCCCc1cc(C#N)c(C#N)cc1C#N. The molecule has 0 aromatic heterocycles. The van der Waals surface area contributed by atoms with Crippen LogP contribution in [0.3, 0.4) is 0 Å². The number of esters is 1. The zero-order valence-electron chi connectivity index (χ0n) is 11.8. The molecule has 0 saturated heterocycles. The number of ether oxygens (including phenoxy) is 1. The van der Waals surface area contributed by atoms with Crippen molar-refractivity contribution < 1.29 is 9.53 Å². The third kappa shape index (κ3) is 4.64. The maximum Gasteiger partial charge on any atom is 0.305 e. The molecular formula is C16H15N3O2. The van der Waals surface area contributed by atoms with E-state index in [4.69, 9.17) is 15.8 Å². The number of methoxy groups -OCH3 is 1. The van der Waals surface area contributed by atoms with Gasteiger partial charge in [0, 0.05) is 6.42 Å². The van der Waals surface area contributed by atoms with Crippen molar-refractivity contribution in [1.82, 2.24) is 0 Å². The standard InChI is InChI=1S/C16H15N3O2/c1-21-16(20)6-4-2-3-5-12-7-14(10-18)15(11-19)8-13(12)9-17/h7-8H,2-6H2,1H3. The van der Waals surface area contributed by atoms with Crippen LogP contribution in [0.5, 0.6) is 0 Å². The molecule has 0 aliphatic heterocycles. The van der Waals surface area contributed by atoms with Gasteiger partial charge in [0.15, 0.2) is 0 Å². The lowest BCUT2D eigenvalue weighted by atomic mass is 9.96. The molecule has 0 fully saturated rings. The third-order valence-electron chi connectivity index (χ3n) is 3.16. The van der Waals surface area contributed by atoms with E-state index >= 15 is 0 Å². The summed E-state index contributed by atoms with van der Waals surface area (Å²) in [5.74, 6) is -0.224. The molecule has 1 aromatic rings. The minimum absolute atomic E-state index is 0.224. The number of benzene rings is 1. The van der Waals surface area contributed by atoms with Crippen LogP contribution < -0.4 is 0 Å². The van der Waals surface area contributed by atoms with Crippen molar-refractivity contribution in [3.63, 3.8) is 0 Å². The van der Waals surface area contributed by atoms with Gasteiger partial charge in [-0.25, -0.2) is 0 Å². The first-order valence-electron chi connectivity index (χ1n) is 6.60. The van der Waals surface area contributed by atoms with Crippen molar-refractivity contribution in [2.24, 2.45) is 0 Å². The average Bonchev–Trinajstić information content (AvgIpc) is 2.53. The summed E-state index contributed by atoms with van der Waals surface area (Å²) in [6, 6.07) is 9.01. The number of nitrogens with zero attached hydrogens (tertiary/aromatic N) is 3. The maximum atomic E-state index is 11.0. The highest BCUT2D eigenvalue weighted by molar-refractivity contribution is 5.68. The number of carbonyl (C=O) groups excluding carboxylic acids is 1. The maximum absolute atomic E-state index is 11.0. The Kier molecular flexibility index (Phi) is 6.45. The Morgan fingerprint density at radius 1 is 1.00 bits per heavy atom. The van der Waals surface area contributed by atoms with Gasteiger partial charge < -0.3 is 4.74 Å². The Balaban J connectivity index is 2.67. The molecule has 1 rings (SSSR count). The van der Waals surface area contributed by atoms with Crippen LogP contribution in [0.4, 0.5) is 0 Å². The van der Waals surface area contributed by atoms with Crippen molar-refractivity contribution in [3.8, 4) is 18.2 Å². The van der Waals surface area contributed by atoms with Gasteiger partial charge in [-0.15, -0.1) is 0 Å². The van der Waals surface area contributed by atoms with Crippen LogP contribution >= 0.6 is 0 Å². The van der Waals surface area contributed by atoms with Crippen molar-refractivity contribution in [1.29, 1.82) is 15.8 Å². The fourth-order valence-electron chi connectivity index (χ4n) is 2.00. The lowest BCUT2D eigenvalue weighted by molar-refractivity contribution is -0.140. The molecule has 5 heteroatoms. The van der Waals surface area contributed by atoms with Crippen molar-refractivity contribution in [2.75, 3.05) is 7.11 Å². The topological polar surface area (TPSA) is 97.7 Å². The van der Waals surface area contributed by atoms with Crippen molar-refractivity contribution >= 4 is 5.97 Å². The van der Waals surface area contributed by atoms with E-state index < -0.39 is 0 Å². The molecule has 1 aromatic carbocycles. The first kappa shape index (κ1) is 16.2. The molecule has 21 heavy (non-hydrogen) atoms. The van der Waals surface area contributed by atoms with Crippen LogP contribution in [-0.2, 0) is 16.0 Å². The van der Waals surface area contributed by atoms with E-state index in [0.29, 0.717) is 24.0 Å². The van der Waals surface area contributed by atoms with Crippen LogP contribution in [-0.4, -0.2) is 13.1 Å². The Morgan fingerprint density at radius 3 is 2.19 bits per heavy atom. The number of rotatable bonds is 6. The summed E-state index contributed by atoms with van der Waals surface area (Å²) in [5.41, 5.74) is 1.72. The lowest BCUT2D eigenvalue weighted by Gasteiger charge is -2.06. The van der Waals surface area contributed by atoms with Gasteiger partial charge in [-0.3, -0.25) is 4.79 Å². The molecule has 5 nitrogen and oxygen atoms in total. The van der Waals surface area contributed by atoms with Gasteiger partial charge in [0.05, 0.1) is 29.9 Å². The number of carbonyl (C=O) groups is 1. The quantitative estimate of drug-likeness (QED) is 0.589. The van der Waals surface area contributed by atoms with Crippen LogP contribution in [0.1, 0.15) is 47.9 Å². The zero-order chi connectivity index (χ0) is 15.7. The van der Waals surface area contributed by atoms with Gasteiger partial charge in [0.1, 0.15) is 12.1 Å². The largest absolute Gasteiger partial charge is 0.469 e. The minimum Gasteiger partial charge on any atom is -0.469 e. The van der Waals surface area contributed by atoms with Gasteiger partial charge >= 0.3 is 5.97 Å². The zero-order valence-corrected chi connectivity index (χ0v) is 11.8. The molecule has 0 aliphatic rings. The van der Waals surface area contributed by atoms with Crippen molar-refractivity contribution in [2.45, 2.75) is 32.1 Å². The molecule has 0 saturated carbocycles. The predicted octanol–water partition coefficient (Wildman–Crippen LogP) is 2.58. The molecule has 0 radical (unpaired) electrons. The highest BCUT2D eigenvalue weighted by Gasteiger charge is 2.09. The summed E-state index contributed by atoms with van der Waals surface area (Å²) in [7, 11) is 1.36. The second-order valence-electron chi connectivity index (χ2n) is 4.53. The molecule has 0 bridgehead atoms. The fraction of sp³-hybridized carbons (Fsp3) is 0.375. The summed E-state index contributed by atoms with van der Waals surface area (Å²) >= 11 is 0. The Bertz CT molecular complexity index is 645. The predicted molar refractivity (Wildman–Crippen MR) is 74.8 cm³/mol. The lowest BCUT2D eigenvalue weighted by Crippen LogP contribution is -2.00. The van der Waals surface area contributed by atoms with Gasteiger partial charge in [-0.2, -0.15) is 15.8 Å². The summed E-state index contributed by atoms with van der Waals surface area (Å²) in [5, 5.41) is 27.0. The molecule has 106 valence electrons. The summed E-state index contributed by atoms with van der Waals surface area (Å²) in [6.07, 6.45) is 3.41. The van der Waals surface area contributed by atoms with Gasteiger partial charge in [0.25, 0.3) is 0 Å². The van der Waals surface area contributed by atoms with Gasteiger partial charge in [0.2, 0.25) is 0 Å². The molecule has 0 heterocycles. The molecule has 0 amide bonds. The van der Waals surface area contributed by atoms with Crippen LogP contribution in [0.15, 0.2) is 12.1 Å². The molecule has 0 aliphatic carbocycles. The highest BCUT2D eigenvalue weighted by Crippen LogP contribution is 2.18. The van der Waals surface area contributed by atoms with E-state index in [-0.39, 0.29) is 11.5 Å². The first-order valence-corrected chi connectivity index (χ1v) is 6.60. The number of aryl methyl sites for hydroxylation is 1. The second-order valence-corrected chi connectivity index (χ2v) is 4.53. The summed E-state index contributed by atoms with van der Waals surface area (Å²) in [4.78, 5) is 11.0. The van der Waals surface area contributed by atoms with Gasteiger partial charge in [-0.05, 0) is 37.0 Å². The second kappa shape index (κ2) is 8.35. The third-order valence-corrected chi connectivity index (χ3v) is 3.16. The Hall–Kier alpha value is -2.84. The molecule has 0 N–H and O–H groups in total. The molecule has 0 unspecified atom stereocenters. The van der Waals surface area contributed by atoms with Crippen LogP contribution in [0, 0.1) is 34.0 Å². The molecular weight excluding hydrogens is 266 g/mol. The van der Waals surface area contributed by atoms with Crippen LogP contribution in [0.2, 0.25) is 0 Å². The number of nitriles is 3. The smallest absolute Gasteiger partial charge is 0.305 e. The number of unbranched alkanes of at least 4 members (excludes halogenated alkanes) is 2. The van der Waals surface area contributed by atoms with Crippen molar-refractivity contribution in [3.05, 3.63) is 34.4 Å². The van der Waals surface area contributed by atoms with Crippen LogP contribution in [0.25, 0.3) is 0 Å². The monoisotopic (exact) mass is 281 g/mol. The Morgan fingerprint density at radius 2 is 1.62 bits per heavy atom. The minimum atomic E-state index is -0.224. The molecule has 0 atom stereocenters. The summed E-state index contributed by atoms with van der Waals surface area (Å²) < 4.78 is 4.56. The van der Waals surface area contributed by atoms with Gasteiger partial charge in [-0.1, -0.05) is 6.42 Å². The number of hydrogen-bond acceptors (Lipinski definition) is 5. The fourth-order valence-corrected chi connectivity index (χ4v) is 2.00. The highest BCUT2D eigenvalue weighted by atomic mass is 16.5. The first-order chi connectivity index (χ1) is 10.2. The van der Waals surface area contributed by atoms with E-state index in [0.717, 1.165) is 24.8 Å². The Labute approximate surface area is 124 Å². The average molecular weight is 281 g/mol. The molecule has 0 spiro atoms. The van der Waals surface area contributed by atoms with E-state index in [9.17, 15) is 4.79 Å². The van der Waals surface area contributed by atoms with E-state index in [1.807, 2.05) is 12.1 Å². The van der Waals surface area contributed by atoms with E-state index in [2.05, 4.69) is 10.8 Å². The summed E-state index contributed by atoms with van der Waals surface area (Å²) in [6.45, 7) is 0.